The fourth-order valence-corrected chi connectivity index (χ4v) is 3.52. The van der Waals surface area contributed by atoms with E-state index in [4.69, 9.17) is 0 Å². The van der Waals surface area contributed by atoms with Gasteiger partial charge >= 0.3 is 0 Å². The van der Waals surface area contributed by atoms with Crippen LogP contribution in [-0.2, 0) is 6.42 Å². The Labute approximate surface area is 135 Å². The Morgan fingerprint density at radius 3 is 2.05 bits per heavy atom. The van der Waals surface area contributed by atoms with Gasteiger partial charge in [0, 0.05) is 25.4 Å². The number of halogens is 4. The van der Waals surface area contributed by atoms with Gasteiger partial charge in [-0.2, -0.15) is 0 Å². The van der Waals surface area contributed by atoms with Crippen LogP contribution < -0.4 is 0 Å². The number of carbonyl (C=O) groups excluding carboxylic acids is 1. The van der Waals surface area contributed by atoms with E-state index in [-0.39, 0.29) is 18.0 Å². The smallest absolute Gasteiger partial charge is 0.167 e. The molecule has 2 aromatic carbocycles. The van der Waals surface area contributed by atoms with E-state index < -0.39 is 0 Å². The van der Waals surface area contributed by atoms with Crippen molar-refractivity contribution in [3.05, 3.63) is 66.8 Å². The summed E-state index contributed by atoms with van der Waals surface area (Å²) in [6.07, 6.45) is 0.166. The van der Waals surface area contributed by atoms with Gasteiger partial charge in [0.15, 0.2) is 5.78 Å². The van der Waals surface area contributed by atoms with E-state index in [1.807, 2.05) is 6.07 Å². The first kappa shape index (κ1) is 14.9. The molecule has 0 saturated heterocycles. The van der Waals surface area contributed by atoms with Crippen molar-refractivity contribution in [2.24, 2.45) is 0 Å². The molecule has 0 radical (unpaired) electrons. The molecule has 0 aliphatic heterocycles. The Bertz CT molecular complexity index is 600. The second-order valence-electron chi connectivity index (χ2n) is 4.04. The van der Waals surface area contributed by atoms with Crippen LogP contribution in [0.3, 0.4) is 0 Å². The van der Waals surface area contributed by atoms with E-state index in [0.717, 1.165) is 8.95 Å². The lowest BCUT2D eigenvalue weighted by Gasteiger charge is -2.04. The van der Waals surface area contributed by atoms with Gasteiger partial charge in [0.25, 0.3) is 0 Å². The first-order valence-electron chi connectivity index (χ1n) is 5.38. The van der Waals surface area contributed by atoms with E-state index in [1.165, 1.54) is 12.1 Å². The van der Waals surface area contributed by atoms with Gasteiger partial charge in [-0.25, -0.2) is 4.39 Å². The molecule has 0 bridgehead atoms. The molecule has 0 aromatic heterocycles. The van der Waals surface area contributed by atoms with Crippen molar-refractivity contribution in [2.45, 2.75) is 6.42 Å². The Morgan fingerprint density at radius 1 is 0.895 bits per heavy atom. The molecule has 0 aliphatic carbocycles. The first-order valence-corrected chi connectivity index (χ1v) is 7.76. The summed E-state index contributed by atoms with van der Waals surface area (Å²) in [6, 6.07) is 9.84. The molecular weight excluding hydrogens is 443 g/mol. The van der Waals surface area contributed by atoms with Crippen molar-refractivity contribution >= 4 is 53.6 Å². The zero-order valence-corrected chi connectivity index (χ0v) is 14.3. The monoisotopic (exact) mass is 448 g/mol. The third-order valence-corrected chi connectivity index (χ3v) is 3.85. The zero-order chi connectivity index (χ0) is 14.0. The minimum absolute atomic E-state index is 0.0560. The summed E-state index contributed by atoms with van der Waals surface area (Å²) in [5, 5.41) is 0. The fraction of sp³-hybridized carbons (Fsp3) is 0.0714. The summed E-state index contributed by atoms with van der Waals surface area (Å²) in [5.41, 5.74) is 1.23. The second kappa shape index (κ2) is 6.29. The van der Waals surface area contributed by atoms with Crippen molar-refractivity contribution in [3.8, 4) is 0 Å². The standard InChI is InChI=1S/C14H8Br3FO/c15-10-1-8(2-13(18)7-10)3-14(19)9-4-11(16)6-12(17)5-9/h1-2,4-7H,3H2. The average molecular weight is 451 g/mol. The Morgan fingerprint density at radius 2 is 1.47 bits per heavy atom. The van der Waals surface area contributed by atoms with Gasteiger partial charge in [0.1, 0.15) is 5.82 Å². The number of hydrogen-bond acceptors (Lipinski definition) is 1. The zero-order valence-electron chi connectivity index (χ0n) is 9.59. The molecule has 0 aliphatic rings. The molecule has 1 nitrogen and oxygen atoms in total. The van der Waals surface area contributed by atoms with Crippen molar-refractivity contribution in [1.29, 1.82) is 0 Å². The highest BCUT2D eigenvalue weighted by atomic mass is 79.9. The van der Waals surface area contributed by atoms with Gasteiger partial charge in [-0.05, 0) is 42.0 Å². The lowest BCUT2D eigenvalue weighted by atomic mass is 10.0. The van der Waals surface area contributed by atoms with Gasteiger partial charge in [-0.15, -0.1) is 0 Å². The molecule has 0 spiro atoms. The van der Waals surface area contributed by atoms with Gasteiger partial charge in [0.05, 0.1) is 0 Å². The molecule has 19 heavy (non-hydrogen) atoms. The Balaban J connectivity index is 2.25. The van der Waals surface area contributed by atoms with Crippen LogP contribution in [0.1, 0.15) is 15.9 Å². The van der Waals surface area contributed by atoms with Crippen LogP contribution in [0.25, 0.3) is 0 Å². The van der Waals surface area contributed by atoms with E-state index in [2.05, 4.69) is 47.8 Å². The van der Waals surface area contributed by atoms with Gasteiger partial charge in [-0.3, -0.25) is 4.79 Å². The Kier molecular flexibility index (Phi) is 4.92. The molecule has 0 N–H and O–H groups in total. The largest absolute Gasteiger partial charge is 0.294 e. The predicted octanol–water partition coefficient (Wildman–Crippen LogP) is 5.54. The van der Waals surface area contributed by atoms with Crippen LogP contribution in [0.2, 0.25) is 0 Å². The predicted molar refractivity (Wildman–Crippen MR) is 84.0 cm³/mol. The highest BCUT2D eigenvalue weighted by Crippen LogP contribution is 2.22. The van der Waals surface area contributed by atoms with E-state index >= 15 is 0 Å². The number of rotatable bonds is 3. The molecule has 0 heterocycles. The maximum Gasteiger partial charge on any atom is 0.167 e. The number of Topliss-reactive ketones (excluding diaryl/α,β-unsaturated/α-hetero) is 1. The molecule has 0 atom stereocenters. The van der Waals surface area contributed by atoms with Gasteiger partial charge in [0.2, 0.25) is 0 Å². The van der Waals surface area contributed by atoms with Crippen LogP contribution in [0.5, 0.6) is 0 Å². The van der Waals surface area contributed by atoms with Crippen LogP contribution in [0, 0.1) is 5.82 Å². The van der Waals surface area contributed by atoms with Crippen molar-refractivity contribution < 1.29 is 9.18 Å². The van der Waals surface area contributed by atoms with Crippen molar-refractivity contribution in [1.82, 2.24) is 0 Å². The summed E-state index contributed by atoms with van der Waals surface area (Å²) in [5.74, 6) is -0.410. The van der Waals surface area contributed by atoms with E-state index in [9.17, 15) is 9.18 Å². The third-order valence-electron chi connectivity index (χ3n) is 2.47. The topological polar surface area (TPSA) is 17.1 Å². The van der Waals surface area contributed by atoms with Crippen LogP contribution in [0.4, 0.5) is 4.39 Å². The molecule has 5 heteroatoms. The summed E-state index contributed by atoms with van der Waals surface area (Å²) in [4.78, 5) is 12.2. The summed E-state index contributed by atoms with van der Waals surface area (Å²) < 4.78 is 15.5. The molecule has 98 valence electrons. The minimum Gasteiger partial charge on any atom is -0.294 e. The molecule has 2 aromatic rings. The molecule has 0 amide bonds. The van der Waals surface area contributed by atoms with Crippen LogP contribution >= 0.6 is 47.8 Å². The van der Waals surface area contributed by atoms with Gasteiger partial charge < -0.3 is 0 Å². The molecule has 0 saturated carbocycles. The number of ketones is 1. The normalized spacial score (nSPS) is 10.5. The maximum atomic E-state index is 13.3. The minimum atomic E-state index is -0.354. The average Bonchev–Trinajstić information content (AvgIpc) is 2.25. The molecule has 0 fully saturated rings. The number of carbonyl (C=O) groups is 1. The van der Waals surface area contributed by atoms with Crippen LogP contribution in [-0.4, -0.2) is 5.78 Å². The number of hydrogen-bond donors (Lipinski definition) is 0. The quantitative estimate of drug-likeness (QED) is 0.561. The fourth-order valence-electron chi connectivity index (χ4n) is 1.72. The number of benzene rings is 2. The van der Waals surface area contributed by atoms with Crippen molar-refractivity contribution in [2.75, 3.05) is 0 Å². The second-order valence-corrected chi connectivity index (χ2v) is 6.78. The van der Waals surface area contributed by atoms with E-state index in [1.54, 1.807) is 18.2 Å². The molecule has 2 rings (SSSR count). The first-order chi connectivity index (χ1) is 8.94. The van der Waals surface area contributed by atoms with E-state index in [0.29, 0.717) is 15.6 Å². The third kappa shape index (κ3) is 4.23. The SMILES string of the molecule is O=C(Cc1cc(F)cc(Br)c1)c1cc(Br)cc(Br)c1. The molecule has 0 unspecified atom stereocenters. The van der Waals surface area contributed by atoms with Gasteiger partial charge in [-0.1, -0.05) is 47.8 Å². The lowest BCUT2D eigenvalue weighted by molar-refractivity contribution is 0.0993. The van der Waals surface area contributed by atoms with Crippen LogP contribution in [0.15, 0.2) is 49.8 Å². The van der Waals surface area contributed by atoms with Crippen molar-refractivity contribution in [3.63, 3.8) is 0 Å². The summed E-state index contributed by atoms with van der Waals surface area (Å²) in [7, 11) is 0. The summed E-state index contributed by atoms with van der Waals surface area (Å²) in [6.45, 7) is 0. The molecular formula is C14H8Br3FO. The highest BCUT2D eigenvalue weighted by Gasteiger charge is 2.10. The maximum absolute atomic E-state index is 13.3. The summed E-state index contributed by atoms with van der Waals surface area (Å²) >= 11 is 9.90. The lowest BCUT2D eigenvalue weighted by Crippen LogP contribution is -2.04. The Hall–Kier alpha value is -0.520. The highest BCUT2D eigenvalue weighted by molar-refractivity contribution is 9.11.